The zero-order valence-corrected chi connectivity index (χ0v) is 16.6. The Morgan fingerprint density at radius 2 is 1.92 bits per heavy atom. The van der Waals surface area contributed by atoms with E-state index in [2.05, 4.69) is 21.2 Å². The Kier molecular flexibility index (Phi) is 9.71. The second-order valence-electron chi connectivity index (χ2n) is 5.34. The van der Waals surface area contributed by atoms with Gasteiger partial charge in [0.15, 0.2) is 0 Å². The van der Waals surface area contributed by atoms with Crippen molar-refractivity contribution in [2.75, 3.05) is 6.61 Å². The molecule has 2 aromatic rings. The van der Waals surface area contributed by atoms with Crippen LogP contribution in [-0.4, -0.2) is 17.8 Å². The number of aliphatic hydroxyl groups is 1. The van der Waals surface area contributed by atoms with E-state index in [9.17, 15) is 5.11 Å². The summed E-state index contributed by atoms with van der Waals surface area (Å²) in [5.41, 5.74) is 2.12. The Hall–Kier alpha value is -0.780. The molecule has 0 aromatic heterocycles. The Balaban J connectivity index is 0.00000288. The second-order valence-corrected chi connectivity index (χ2v) is 6.69. The second kappa shape index (κ2) is 11.0. The maximum absolute atomic E-state index is 9.29. The molecule has 2 rings (SSSR count). The highest BCUT2D eigenvalue weighted by molar-refractivity contribution is 9.10. The third kappa shape index (κ3) is 6.61. The van der Waals surface area contributed by atoms with Crippen LogP contribution in [0.1, 0.15) is 24.5 Å². The Labute approximate surface area is 162 Å². The summed E-state index contributed by atoms with van der Waals surface area (Å²) in [5.74, 6) is 0.837. The maximum atomic E-state index is 9.29. The summed E-state index contributed by atoms with van der Waals surface area (Å²) >= 11 is 9.39. The number of nitrogens with one attached hydrogen (secondary N) is 1. The van der Waals surface area contributed by atoms with Gasteiger partial charge < -0.3 is 15.2 Å². The van der Waals surface area contributed by atoms with Crippen molar-refractivity contribution in [3.8, 4) is 5.75 Å². The van der Waals surface area contributed by atoms with Crippen molar-refractivity contribution in [2.45, 2.75) is 32.5 Å². The van der Waals surface area contributed by atoms with Crippen LogP contribution in [0.4, 0.5) is 0 Å². The lowest BCUT2D eigenvalue weighted by Crippen LogP contribution is -2.31. The summed E-state index contributed by atoms with van der Waals surface area (Å²) < 4.78 is 6.96. The molecule has 0 aliphatic rings. The van der Waals surface area contributed by atoms with Crippen molar-refractivity contribution in [1.29, 1.82) is 0 Å². The van der Waals surface area contributed by atoms with E-state index in [1.165, 1.54) is 0 Å². The van der Waals surface area contributed by atoms with Crippen LogP contribution in [0.3, 0.4) is 0 Å². The molecule has 0 saturated heterocycles. The predicted molar refractivity (Wildman–Crippen MR) is 105 cm³/mol. The standard InChI is InChI=1S/C18H21BrClNO2.ClH/c1-2-17(11-22)21-10-14-9-15(19)5-8-18(14)23-12-13-3-6-16(20)7-4-13;/h3-9,17,21-22H,2,10-12H2,1H3;1H. The van der Waals surface area contributed by atoms with Gasteiger partial charge in [-0.25, -0.2) is 0 Å². The highest BCUT2D eigenvalue weighted by Crippen LogP contribution is 2.24. The minimum atomic E-state index is 0. The highest BCUT2D eigenvalue weighted by Gasteiger charge is 2.09. The van der Waals surface area contributed by atoms with Crippen molar-refractivity contribution >= 4 is 39.9 Å². The molecule has 0 aliphatic carbocycles. The monoisotopic (exact) mass is 433 g/mol. The van der Waals surface area contributed by atoms with E-state index >= 15 is 0 Å². The summed E-state index contributed by atoms with van der Waals surface area (Å²) in [6.07, 6.45) is 0.880. The van der Waals surface area contributed by atoms with E-state index in [1.807, 2.05) is 49.4 Å². The number of hydrogen-bond acceptors (Lipinski definition) is 3. The Bertz CT molecular complexity index is 619. The average molecular weight is 435 g/mol. The van der Waals surface area contributed by atoms with Crippen LogP contribution in [0.2, 0.25) is 5.02 Å². The SMILES string of the molecule is CCC(CO)NCc1cc(Br)ccc1OCc1ccc(Cl)cc1.Cl. The molecule has 24 heavy (non-hydrogen) atoms. The number of ether oxygens (including phenoxy) is 1. The average Bonchev–Trinajstić information content (AvgIpc) is 2.56. The van der Waals surface area contributed by atoms with Gasteiger partial charge in [-0.2, -0.15) is 0 Å². The lowest BCUT2D eigenvalue weighted by atomic mass is 10.1. The molecule has 0 saturated carbocycles. The lowest BCUT2D eigenvalue weighted by Gasteiger charge is -2.17. The number of hydrogen-bond donors (Lipinski definition) is 2. The van der Waals surface area contributed by atoms with Crippen LogP contribution in [-0.2, 0) is 13.2 Å². The van der Waals surface area contributed by atoms with Gasteiger partial charge in [-0.15, -0.1) is 12.4 Å². The number of rotatable bonds is 8. The topological polar surface area (TPSA) is 41.5 Å². The van der Waals surface area contributed by atoms with E-state index < -0.39 is 0 Å². The first-order valence-electron chi connectivity index (χ1n) is 7.62. The molecular formula is C18H22BrCl2NO2. The summed E-state index contributed by atoms with van der Waals surface area (Å²) in [7, 11) is 0. The maximum Gasteiger partial charge on any atom is 0.124 e. The quantitative estimate of drug-likeness (QED) is 0.616. The zero-order chi connectivity index (χ0) is 16.7. The fourth-order valence-corrected chi connectivity index (χ4v) is 2.70. The zero-order valence-electron chi connectivity index (χ0n) is 13.5. The summed E-state index contributed by atoms with van der Waals surface area (Å²) in [6.45, 7) is 3.32. The molecule has 132 valence electrons. The highest BCUT2D eigenvalue weighted by atomic mass is 79.9. The van der Waals surface area contributed by atoms with Gasteiger partial charge in [0.1, 0.15) is 12.4 Å². The van der Waals surface area contributed by atoms with Crippen molar-refractivity contribution in [1.82, 2.24) is 5.32 Å². The van der Waals surface area contributed by atoms with Crippen LogP contribution >= 0.6 is 39.9 Å². The van der Waals surface area contributed by atoms with Crippen LogP contribution in [0.15, 0.2) is 46.9 Å². The van der Waals surface area contributed by atoms with Gasteiger partial charge in [-0.1, -0.05) is 46.6 Å². The molecule has 0 spiro atoms. The molecule has 1 unspecified atom stereocenters. The summed E-state index contributed by atoms with van der Waals surface area (Å²) in [6, 6.07) is 13.7. The van der Waals surface area contributed by atoms with Crippen molar-refractivity contribution in [2.24, 2.45) is 0 Å². The molecule has 2 N–H and O–H groups in total. The largest absolute Gasteiger partial charge is 0.489 e. The molecule has 0 amide bonds. The van der Waals surface area contributed by atoms with Gasteiger partial charge in [0, 0.05) is 27.6 Å². The van der Waals surface area contributed by atoms with Crippen molar-refractivity contribution in [3.63, 3.8) is 0 Å². The molecule has 0 aliphatic heterocycles. The minimum Gasteiger partial charge on any atom is -0.489 e. The van der Waals surface area contributed by atoms with E-state index in [4.69, 9.17) is 16.3 Å². The fourth-order valence-electron chi connectivity index (χ4n) is 2.16. The summed E-state index contributed by atoms with van der Waals surface area (Å²) in [5, 5.41) is 13.3. The number of aliphatic hydroxyl groups excluding tert-OH is 1. The third-order valence-electron chi connectivity index (χ3n) is 3.62. The van der Waals surface area contributed by atoms with Gasteiger partial charge in [0.25, 0.3) is 0 Å². The number of halogens is 3. The predicted octanol–water partition coefficient (Wildman–Crippen LogP) is 4.96. The molecule has 0 radical (unpaired) electrons. The van der Waals surface area contributed by atoms with E-state index in [-0.39, 0.29) is 25.1 Å². The smallest absolute Gasteiger partial charge is 0.124 e. The molecule has 0 bridgehead atoms. The van der Waals surface area contributed by atoms with E-state index in [0.717, 1.165) is 32.8 Å². The van der Waals surface area contributed by atoms with Crippen LogP contribution < -0.4 is 10.1 Å². The Morgan fingerprint density at radius 1 is 1.21 bits per heavy atom. The van der Waals surface area contributed by atoms with Crippen LogP contribution in [0.5, 0.6) is 5.75 Å². The van der Waals surface area contributed by atoms with Gasteiger partial charge in [-0.05, 0) is 42.3 Å². The molecule has 0 fully saturated rings. The summed E-state index contributed by atoms with van der Waals surface area (Å²) in [4.78, 5) is 0. The van der Waals surface area contributed by atoms with Crippen molar-refractivity contribution in [3.05, 3.63) is 63.1 Å². The normalized spacial score (nSPS) is 11.7. The molecule has 0 heterocycles. The molecule has 6 heteroatoms. The van der Waals surface area contributed by atoms with E-state index in [0.29, 0.717) is 13.2 Å². The van der Waals surface area contributed by atoms with Crippen molar-refractivity contribution < 1.29 is 9.84 Å². The van der Waals surface area contributed by atoms with Gasteiger partial charge in [0.2, 0.25) is 0 Å². The first kappa shape index (κ1) is 21.3. The van der Waals surface area contributed by atoms with Crippen LogP contribution in [0, 0.1) is 0 Å². The van der Waals surface area contributed by atoms with Gasteiger partial charge in [0.05, 0.1) is 6.61 Å². The molecule has 2 aromatic carbocycles. The Morgan fingerprint density at radius 3 is 2.54 bits per heavy atom. The number of benzene rings is 2. The first-order valence-corrected chi connectivity index (χ1v) is 8.79. The molecular weight excluding hydrogens is 413 g/mol. The minimum absolute atomic E-state index is 0. The molecule has 1 atom stereocenters. The van der Waals surface area contributed by atoms with Crippen LogP contribution in [0.25, 0.3) is 0 Å². The van der Waals surface area contributed by atoms with Gasteiger partial charge in [-0.3, -0.25) is 0 Å². The fraction of sp³-hybridized carbons (Fsp3) is 0.333. The molecule has 3 nitrogen and oxygen atoms in total. The third-order valence-corrected chi connectivity index (χ3v) is 4.37. The first-order chi connectivity index (χ1) is 11.1. The van der Waals surface area contributed by atoms with E-state index in [1.54, 1.807) is 0 Å². The lowest BCUT2D eigenvalue weighted by molar-refractivity contribution is 0.237. The van der Waals surface area contributed by atoms with Gasteiger partial charge >= 0.3 is 0 Å².